The molecule has 1 aromatic rings. The first kappa shape index (κ1) is 12.1. The molecule has 0 heterocycles. The summed E-state index contributed by atoms with van der Waals surface area (Å²) in [4.78, 5) is 1.36. The molecule has 16 heavy (non-hydrogen) atoms. The highest BCUT2D eigenvalue weighted by Gasteiger charge is 2.10. The van der Waals surface area contributed by atoms with Crippen molar-refractivity contribution in [3.63, 3.8) is 0 Å². The van der Waals surface area contributed by atoms with Crippen LogP contribution in [0.4, 0.5) is 0 Å². The molecule has 2 rings (SSSR count). The second-order valence-corrected chi connectivity index (χ2v) is 5.87. The smallest absolute Gasteiger partial charge is 0.0518 e. The van der Waals surface area contributed by atoms with E-state index in [1.165, 1.54) is 29.9 Å². The van der Waals surface area contributed by atoms with E-state index in [0.717, 1.165) is 6.42 Å². The Hall–Kier alpha value is -0.400. The minimum atomic E-state index is 0.283. The van der Waals surface area contributed by atoms with E-state index >= 15 is 0 Å². The summed E-state index contributed by atoms with van der Waals surface area (Å²) in [6, 6.07) is 10.6. The maximum Gasteiger partial charge on any atom is 0.0518 e. The van der Waals surface area contributed by atoms with E-state index < -0.39 is 0 Å². The van der Waals surface area contributed by atoms with Crippen LogP contribution in [-0.2, 0) is 0 Å². The SMILES string of the molecule is ClC1C=C(CCSc2ccccc2)CCC1. The molecule has 1 unspecified atom stereocenters. The standard InChI is InChI=1S/C14H17ClS/c15-13-6-4-5-12(11-13)9-10-16-14-7-2-1-3-8-14/h1-3,7-8,11,13H,4-6,9-10H2. The van der Waals surface area contributed by atoms with Crippen molar-refractivity contribution in [3.8, 4) is 0 Å². The lowest BCUT2D eigenvalue weighted by atomic mass is 9.98. The number of halogens is 1. The highest BCUT2D eigenvalue weighted by molar-refractivity contribution is 7.99. The van der Waals surface area contributed by atoms with Gasteiger partial charge in [-0.25, -0.2) is 0 Å². The number of alkyl halides is 1. The normalized spacial score (nSPS) is 20.6. The van der Waals surface area contributed by atoms with Gasteiger partial charge in [0.2, 0.25) is 0 Å². The quantitative estimate of drug-likeness (QED) is 0.418. The fraction of sp³-hybridized carbons (Fsp3) is 0.429. The van der Waals surface area contributed by atoms with Gasteiger partial charge in [0, 0.05) is 10.6 Å². The van der Waals surface area contributed by atoms with Crippen molar-refractivity contribution in [1.29, 1.82) is 0 Å². The van der Waals surface area contributed by atoms with Gasteiger partial charge in [0.1, 0.15) is 0 Å². The van der Waals surface area contributed by atoms with Crippen molar-refractivity contribution >= 4 is 23.4 Å². The molecule has 0 fully saturated rings. The summed E-state index contributed by atoms with van der Waals surface area (Å²) in [7, 11) is 0. The minimum Gasteiger partial charge on any atom is -0.126 e. The van der Waals surface area contributed by atoms with Crippen LogP contribution >= 0.6 is 23.4 Å². The molecule has 1 aromatic carbocycles. The molecular weight excluding hydrogens is 236 g/mol. The van der Waals surface area contributed by atoms with E-state index in [1.807, 2.05) is 11.8 Å². The molecule has 2 heteroatoms. The van der Waals surface area contributed by atoms with Gasteiger partial charge < -0.3 is 0 Å². The third-order valence-corrected chi connectivity index (χ3v) is 4.19. The molecule has 0 radical (unpaired) electrons. The third kappa shape index (κ3) is 3.88. The molecule has 1 atom stereocenters. The Bertz CT molecular complexity index is 345. The number of hydrogen-bond acceptors (Lipinski definition) is 1. The van der Waals surface area contributed by atoms with Gasteiger partial charge in [-0.05, 0) is 37.8 Å². The summed E-state index contributed by atoms with van der Waals surface area (Å²) in [6.07, 6.45) is 7.10. The Morgan fingerprint density at radius 3 is 2.81 bits per heavy atom. The Balaban J connectivity index is 1.76. The fourth-order valence-electron chi connectivity index (χ4n) is 1.97. The van der Waals surface area contributed by atoms with Crippen molar-refractivity contribution in [3.05, 3.63) is 42.0 Å². The molecule has 0 saturated heterocycles. The van der Waals surface area contributed by atoms with Gasteiger partial charge in [-0.1, -0.05) is 29.8 Å². The summed E-state index contributed by atoms with van der Waals surface area (Å²) in [6.45, 7) is 0. The zero-order valence-electron chi connectivity index (χ0n) is 9.36. The topological polar surface area (TPSA) is 0 Å². The van der Waals surface area contributed by atoms with E-state index in [2.05, 4.69) is 36.4 Å². The van der Waals surface area contributed by atoms with Gasteiger partial charge in [0.05, 0.1) is 5.38 Å². The van der Waals surface area contributed by atoms with Crippen molar-refractivity contribution in [2.24, 2.45) is 0 Å². The van der Waals surface area contributed by atoms with Gasteiger partial charge >= 0.3 is 0 Å². The second-order valence-electron chi connectivity index (χ2n) is 4.14. The lowest BCUT2D eigenvalue weighted by Crippen LogP contribution is -2.03. The Labute approximate surface area is 107 Å². The maximum absolute atomic E-state index is 6.12. The van der Waals surface area contributed by atoms with E-state index in [1.54, 1.807) is 5.57 Å². The molecule has 0 aliphatic heterocycles. The highest BCUT2D eigenvalue weighted by atomic mass is 35.5. The largest absolute Gasteiger partial charge is 0.126 e. The van der Waals surface area contributed by atoms with Crippen LogP contribution in [-0.4, -0.2) is 11.1 Å². The van der Waals surface area contributed by atoms with E-state index in [-0.39, 0.29) is 5.38 Å². The minimum absolute atomic E-state index is 0.283. The van der Waals surface area contributed by atoms with Gasteiger partial charge in [-0.3, -0.25) is 0 Å². The molecule has 0 spiro atoms. The summed E-state index contributed by atoms with van der Waals surface area (Å²) in [5, 5.41) is 0.283. The summed E-state index contributed by atoms with van der Waals surface area (Å²) < 4.78 is 0. The van der Waals surface area contributed by atoms with Crippen molar-refractivity contribution < 1.29 is 0 Å². The number of benzene rings is 1. The second kappa shape index (κ2) is 6.36. The summed E-state index contributed by atoms with van der Waals surface area (Å²) in [5.41, 5.74) is 1.55. The van der Waals surface area contributed by atoms with Gasteiger partial charge in [-0.2, -0.15) is 0 Å². The van der Waals surface area contributed by atoms with E-state index in [4.69, 9.17) is 11.6 Å². The first-order chi connectivity index (χ1) is 7.84. The Kier molecular flexibility index (Phi) is 4.80. The fourth-order valence-corrected chi connectivity index (χ4v) is 3.25. The van der Waals surface area contributed by atoms with Crippen LogP contribution < -0.4 is 0 Å². The maximum atomic E-state index is 6.12. The molecule has 0 aromatic heterocycles. The number of hydrogen-bond donors (Lipinski definition) is 0. The van der Waals surface area contributed by atoms with E-state index in [0.29, 0.717) is 0 Å². The summed E-state index contributed by atoms with van der Waals surface area (Å²) in [5.74, 6) is 1.17. The van der Waals surface area contributed by atoms with E-state index in [9.17, 15) is 0 Å². The molecule has 1 aliphatic carbocycles. The van der Waals surface area contributed by atoms with Gasteiger partial charge in [-0.15, -0.1) is 23.4 Å². The Morgan fingerprint density at radius 1 is 1.25 bits per heavy atom. The lowest BCUT2D eigenvalue weighted by molar-refractivity contribution is 0.690. The van der Waals surface area contributed by atoms with Gasteiger partial charge in [0.15, 0.2) is 0 Å². The predicted molar refractivity (Wildman–Crippen MR) is 73.4 cm³/mol. The van der Waals surface area contributed by atoms with Crippen LogP contribution in [0.25, 0.3) is 0 Å². The molecule has 0 saturated carbocycles. The zero-order chi connectivity index (χ0) is 11.2. The van der Waals surface area contributed by atoms with Gasteiger partial charge in [0.25, 0.3) is 0 Å². The molecular formula is C14H17ClS. The molecule has 0 bridgehead atoms. The zero-order valence-corrected chi connectivity index (χ0v) is 10.9. The third-order valence-electron chi connectivity index (χ3n) is 2.83. The first-order valence-electron chi connectivity index (χ1n) is 5.86. The lowest BCUT2D eigenvalue weighted by Gasteiger charge is -2.16. The summed E-state index contributed by atoms with van der Waals surface area (Å²) >= 11 is 8.06. The molecule has 0 N–H and O–H groups in total. The molecule has 1 aliphatic rings. The van der Waals surface area contributed by atoms with Crippen LogP contribution in [0.1, 0.15) is 25.7 Å². The average Bonchev–Trinajstić information content (AvgIpc) is 2.30. The van der Waals surface area contributed by atoms with Crippen molar-refractivity contribution in [2.75, 3.05) is 5.75 Å². The monoisotopic (exact) mass is 252 g/mol. The van der Waals surface area contributed by atoms with Crippen molar-refractivity contribution in [1.82, 2.24) is 0 Å². The van der Waals surface area contributed by atoms with Crippen LogP contribution in [0.5, 0.6) is 0 Å². The van der Waals surface area contributed by atoms with Crippen LogP contribution in [0.2, 0.25) is 0 Å². The van der Waals surface area contributed by atoms with Crippen LogP contribution in [0, 0.1) is 0 Å². The van der Waals surface area contributed by atoms with Crippen LogP contribution in [0.15, 0.2) is 46.9 Å². The first-order valence-corrected chi connectivity index (χ1v) is 7.28. The van der Waals surface area contributed by atoms with Crippen LogP contribution in [0.3, 0.4) is 0 Å². The number of allylic oxidation sites excluding steroid dienone is 2. The predicted octanol–water partition coefficient (Wildman–Crippen LogP) is 4.89. The number of rotatable bonds is 4. The Morgan fingerprint density at radius 2 is 2.06 bits per heavy atom. The number of thioether (sulfide) groups is 1. The molecule has 0 nitrogen and oxygen atoms in total. The molecule has 86 valence electrons. The highest BCUT2D eigenvalue weighted by Crippen LogP contribution is 2.26. The van der Waals surface area contributed by atoms with Crippen molar-refractivity contribution in [2.45, 2.75) is 36.0 Å². The molecule has 0 amide bonds. The average molecular weight is 253 g/mol.